The molecule has 2 aromatic rings. The molecule has 1 N–H and O–H groups in total. The van der Waals surface area contributed by atoms with Crippen LogP contribution in [0.1, 0.15) is 44.4 Å². The second-order valence-corrected chi connectivity index (χ2v) is 7.46. The van der Waals surface area contributed by atoms with Gasteiger partial charge in [-0.2, -0.15) is 0 Å². The van der Waals surface area contributed by atoms with E-state index >= 15 is 0 Å². The van der Waals surface area contributed by atoms with Crippen molar-refractivity contribution in [1.29, 1.82) is 0 Å². The highest BCUT2D eigenvalue weighted by molar-refractivity contribution is 9.08. The molecule has 4 nitrogen and oxygen atoms in total. The predicted octanol–water partition coefficient (Wildman–Crippen LogP) is 1.85. The Morgan fingerprint density at radius 3 is 2.62 bits per heavy atom. The zero-order chi connectivity index (χ0) is 17.8. The second-order valence-electron chi connectivity index (χ2n) is 6.05. The zero-order valence-electron chi connectivity index (χ0n) is 14.8. The van der Waals surface area contributed by atoms with E-state index in [1.54, 1.807) is 20.8 Å². The van der Waals surface area contributed by atoms with Gasteiger partial charge in [-0.25, -0.2) is 9.78 Å². The average molecular weight is 478 g/mol. The highest BCUT2D eigenvalue weighted by Gasteiger charge is 2.22. The number of carbonyl (C=O) groups is 1. The molecule has 0 saturated heterocycles. The maximum absolute atomic E-state index is 12.2. The molecule has 0 aliphatic carbocycles. The van der Waals surface area contributed by atoms with Crippen LogP contribution in [-0.2, 0) is 16.5 Å². The summed E-state index contributed by atoms with van der Waals surface area (Å²) >= 11 is 4.73. The van der Waals surface area contributed by atoms with Gasteiger partial charge < -0.3 is 27.0 Å². The summed E-state index contributed by atoms with van der Waals surface area (Å²) in [6.45, 7) is 5.38. The average Bonchev–Trinajstić information content (AvgIpc) is 2.95. The standard InChI is InChI=1S/C17H21BrN2O2S.BrH/c1-17(2,3)22-16(21)20-14(9-12-7-5-4-6-8-12)15-19-13(10-18)11-23-15;/h4-8,11,14H,9-10H2,1-3H3,(H,20,21);1H/p-1/t14-;/m0./s1/i14D;. The third kappa shape index (κ3) is 6.91. The number of benzene rings is 1. The molecule has 0 unspecified atom stereocenters. The lowest BCUT2D eigenvalue weighted by atomic mass is 10.1. The summed E-state index contributed by atoms with van der Waals surface area (Å²) in [5, 5.41) is 5.72. The van der Waals surface area contributed by atoms with Crippen molar-refractivity contribution >= 4 is 33.4 Å². The van der Waals surface area contributed by atoms with E-state index in [9.17, 15) is 4.79 Å². The van der Waals surface area contributed by atoms with Crippen LogP contribution < -0.4 is 22.3 Å². The molecule has 7 heteroatoms. The second kappa shape index (κ2) is 9.53. The number of halogens is 2. The van der Waals surface area contributed by atoms with Crippen molar-refractivity contribution < 1.29 is 27.9 Å². The maximum Gasteiger partial charge on any atom is 0.408 e. The Morgan fingerprint density at radius 2 is 2.08 bits per heavy atom. The van der Waals surface area contributed by atoms with Gasteiger partial charge in [-0.05, 0) is 32.8 Å². The molecule has 1 amide bonds. The van der Waals surface area contributed by atoms with Gasteiger partial charge in [0.25, 0.3) is 0 Å². The molecule has 0 fully saturated rings. The topological polar surface area (TPSA) is 51.2 Å². The minimum atomic E-state index is -1.38. The first-order valence-electron chi connectivity index (χ1n) is 7.78. The normalized spacial score (nSPS) is 14.1. The number of amides is 1. The summed E-state index contributed by atoms with van der Waals surface area (Å²) < 4.78 is 14.2. The smallest absolute Gasteiger partial charge is 0.408 e. The third-order valence-corrected chi connectivity index (χ3v) is 4.35. The van der Waals surface area contributed by atoms with Crippen molar-refractivity contribution in [2.45, 2.75) is 44.1 Å². The summed E-state index contributed by atoms with van der Waals surface area (Å²) in [4.78, 5) is 16.7. The van der Waals surface area contributed by atoms with Crippen molar-refractivity contribution in [1.82, 2.24) is 10.3 Å². The number of nitrogens with zero attached hydrogens (tertiary/aromatic N) is 1. The SMILES string of the molecule is [2H][C@@](Cc1ccccc1)(NC(=O)OC(C)(C)C)c1nc(CBr)cs1.[Br-]. The van der Waals surface area contributed by atoms with Gasteiger partial charge in [0.05, 0.1) is 13.1 Å². The number of thiazole rings is 1. The van der Waals surface area contributed by atoms with Crippen LogP contribution in [0.15, 0.2) is 35.7 Å². The van der Waals surface area contributed by atoms with Crippen molar-refractivity contribution in [3.63, 3.8) is 0 Å². The Balaban J connectivity index is 0.00000312. The first-order valence-corrected chi connectivity index (χ1v) is 9.28. The van der Waals surface area contributed by atoms with Crippen LogP contribution in [0.4, 0.5) is 4.79 Å². The molecule has 0 radical (unpaired) electrons. The fraction of sp³-hybridized carbons (Fsp3) is 0.412. The van der Waals surface area contributed by atoms with Gasteiger partial charge >= 0.3 is 6.09 Å². The number of carbonyl (C=O) groups excluding carboxylic acids is 1. The summed E-state index contributed by atoms with van der Waals surface area (Å²) in [5.41, 5.74) is 1.16. The number of alkyl carbamates (subject to hydrolysis) is 1. The highest BCUT2D eigenvalue weighted by atomic mass is 79.9. The molecule has 0 bridgehead atoms. The first-order chi connectivity index (χ1) is 11.2. The number of hydrogen-bond donors (Lipinski definition) is 1. The number of hydrogen-bond acceptors (Lipinski definition) is 4. The van der Waals surface area contributed by atoms with E-state index in [1.807, 2.05) is 35.7 Å². The van der Waals surface area contributed by atoms with E-state index in [0.717, 1.165) is 11.3 Å². The van der Waals surface area contributed by atoms with Gasteiger partial charge in [0.2, 0.25) is 0 Å². The molecule has 2 rings (SSSR count). The predicted molar refractivity (Wildman–Crippen MR) is 97.0 cm³/mol. The van der Waals surface area contributed by atoms with Crippen LogP contribution in [0.2, 0.25) is 0 Å². The van der Waals surface area contributed by atoms with Crippen LogP contribution >= 0.6 is 27.3 Å². The van der Waals surface area contributed by atoms with E-state index in [2.05, 4.69) is 26.2 Å². The number of alkyl halides is 1. The molecule has 1 atom stereocenters. The van der Waals surface area contributed by atoms with E-state index in [0.29, 0.717) is 16.8 Å². The monoisotopic (exact) mass is 476 g/mol. The molecule has 0 saturated carbocycles. The summed E-state index contributed by atoms with van der Waals surface area (Å²) in [5.74, 6) is 0. The van der Waals surface area contributed by atoms with Gasteiger partial charge in [0.1, 0.15) is 10.6 Å². The number of rotatable bonds is 5. The van der Waals surface area contributed by atoms with E-state index < -0.39 is 17.7 Å². The molecular weight excluding hydrogens is 456 g/mol. The number of ether oxygens (including phenoxy) is 1. The summed E-state index contributed by atoms with van der Waals surface area (Å²) in [7, 11) is 0. The summed E-state index contributed by atoms with van der Waals surface area (Å²) in [6.07, 6.45) is -0.313. The van der Waals surface area contributed by atoms with E-state index in [-0.39, 0.29) is 17.0 Å². The van der Waals surface area contributed by atoms with Crippen molar-refractivity contribution in [3.05, 3.63) is 52.0 Å². The van der Waals surface area contributed by atoms with Crippen LogP contribution in [0.3, 0.4) is 0 Å². The molecule has 24 heavy (non-hydrogen) atoms. The van der Waals surface area contributed by atoms with E-state index in [1.165, 1.54) is 11.3 Å². The van der Waals surface area contributed by atoms with Gasteiger partial charge in [0.15, 0.2) is 0 Å². The first kappa shape index (κ1) is 19.4. The van der Waals surface area contributed by atoms with Gasteiger partial charge in [0, 0.05) is 10.7 Å². The molecule has 1 aromatic heterocycles. The zero-order valence-corrected chi connectivity index (χ0v) is 17.8. The molecule has 0 spiro atoms. The maximum atomic E-state index is 12.2. The van der Waals surface area contributed by atoms with Gasteiger partial charge in [-0.1, -0.05) is 46.3 Å². The van der Waals surface area contributed by atoms with Crippen LogP contribution in [-0.4, -0.2) is 16.7 Å². The number of aromatic nitrogens is 1. The third-order valence-electron chi connectivity index (χ3n) is 2.82. The fourth-order valence-corrected chi connectivity index (χ4v) is 3.23. The lowest BCUT2D eigenvalue weighted by Crippen LogP contribution is -3.00. The molecule has 0 aliphatic rings. The molecule has 0 aliphatic heterocycles. The van der Waals surface area contributed by atoms with Crippen LogP contribution in [0, 0.1) is 0 Å². The molecular formula is C17H21Br2N2O2S-. The Hall–Kier alpha value is -0.920. The fourth-order valence-electron chi connectivity index (χ4n) is 1.91. The van der Waals surface area contributed by atoms with Crippen molar-refractivity contribution in [3.8, 4) is 0 Å². The minimum Gasteiger partial charge on any atom is -1.00 e. The largest absolute Gasteiger partial charge is 1.00 e. The summed E-state index contributed by atoms with van der Waals surface area (Å²) in [6, 6.07) is 8.22. The Labute approximate surface area is 167 Å². The Bertz CT molecular complexity index is 691. The van der Waals surface area contributed by atoms with Crippen LogP contribution in [0.5, 0.6) is 0 Å². The lowest BCUT2D eigenvalue weighted by molar-refractivity contribution is -0.0000282. The van der Waals surface area contributed by atoms with Gasteiger partial charge in [-0.15, -0.1) is 11.3 Å². The quantitative estimate of drug-likeness (QED) is 0.668. The molecule has 1 heterocycles. The van der Waals surface area contributed by atoms with Crippen molar-refractivity contribution in [2.75, 3.05) is 0 Å². The number of nitrogens with one attached hydrogen (secondary N) is 1. The Kier molecular flexibility index (Phi) is 7.71. The molecule has 132 valence electrons. The van der Waals surface area contributed by atoms with Gasteiger partial charge in [-0.3, -0.25) is 0 Å². The van der Waals surface area contributed by atoms with E-state index in [4.69, 9.17) is 6.11 Å². The minimum absolute atomic E-state index is 0. The Morgan fingerprint density at radius 1 is 1.42 bits per heavy atom. The lowest BCUT2D eigenvalue weighted by Gasteiger charge is -2.23. The highest BCUT2D eigenvalue weighted by Crippen LogP contribution is 2.24. The van der Waals surface area contributed by atoms with Crippen LogP contribution in [0.25, 0.3) is 0 Å². The van der Waals surface area contributed by atoms with Crippen molar-refractivity contribution in [2.24, 2.45) is 0 Å². The molecule has 1 aromatic carbocycles.